The van der Waals surface area contributed by atoms with E-state index in [0.29, 0.717) is 11.6 Å². The number of alkyl halides is 1. The van der Waals surface area contributed by atoms with E-state index in [2.05, 4.69) is 16.9 Å². The minimum atomic E-state index is -0.962. The van der Waals surface area contributed by atoms with Crippen LogP contribution in [0.1, 0.15) is 78.6 Å². The minimum absolute atomic E-state index is 0.00497. The highest BCUT2D eigenvalue weighted by atomic mass is 19.1. The highest BCUT2D eigenvalue weighted by molar-refractivity contribution is 5.64. The molecule has 0 aliphatic carbocycles. The number of aromatic nitrogens is 2. The van der Waals surface area contributed by atoms with Crippen LogP contribution >= 0.6 is 0 Å². The van der Waals surface area contributed by atoms with Crippen molar-refractivity contribution in [2.75, 3.05) is 13.2 Å². The summed E-state index contributed by atoms with van der Waals surface area (Å²) in [4.78, 5) is 9.09. The molecule has 3 aromatic rings. The maximum Gasteiger partial charge on any atom is 0.159 e. The number of hydrogen-bond donors (Lipinski definition) is 0. The van der Waals surface area contributed by atoms with Crippen molar-refractivity contribution in [2.24, 2.45) is 5.92 Å². The van der Waals surface area contributed by atoms with Crippen LogP contribution in [0.5, 0.6) is 11.5 Å². The van der Waals surface area contributed by atoms with Crippen LogP contribution in [0.3, 0.4) is 0 Å². The molecule has 0 bridgehead atoms. The Morgan fingerprint density at radius 2 is 1.22 bits per heavy atom. The van der Waals surface area contributed by atoms with Crippen LogP contribution in [0.25, 0.3) is 22.5 Å². The predicted molar refractivity (Wildman–Crippen MR) is 151 cm³/mol. The molecular weight excluding hydrogens is 463 g/mol. The molecule has 4 nitrogen and oxygen atoms in total. The second kappa shape index (κ2) is 16.0. The van der Waals surface area contributed by atoms with Crippen molar-refractivity contribution < 1.29 is 13.9 Å². The largest absolute Gasteiger partial charge is 0.494 e. The molecule has 0 radical (unpaired) electrons. The monoisotopic (exact) mass is 506 g/mol. The molecule has 1 heterocycles. The fourth-order valence-corrected chi connectivity index (χ4v) is 4.09. The number of unbranched alkanes of at least 4 members (excludes halogenated alkanes) is 7. The average Bonchev–Trinajstić information content (AvgIpc) is 2.95. The van der Waals surface area contributed by atoms with Crippen molar-refractivity contribution in [3.8, 4) is 34.0 Å². The molecule has 0 aliphatic rings. The Kier molecular flexibility index (Phi) is 12.4. The molecule has 2 unspecified atom stereocenters. The van der Waals surface area contributed by atoms with Gasteiger partial charge in [0.15, 0.2) is 5.82 Å². The first-order valence-corrected chi connectivity index (χ1v) is 14.0. The lowest BCUT2D eigenvalue weighted by Gasteiger charge is -2.15. The van der Waals surface area contributed by atoms with E-state index in [1.807, 2.05) is 74.8 Å². The quantitative estimate of drug-likeness (QED) is 0.171. The Balaban J connectivity index is 1.43. The molecule has 0 saturated carbocycles. The lowest BCUT2D eigenvalue weighted by molar-refractivity contribution is 0.145. The fourth-order valence-electron chi connectivity index (χ4n) is 4.09. The van der Waals surface area contributed by atoms with Crippen LogP contribution < -0.4 is 9.47 Å². The van der Waals surface area contributed by atoms with E-state index >= 15 is 0 Å². The van der Waals surface area contributed by atoms with Gasteiger partial charge < -0.3 is 9.47 Å². The average molecular weight is 507 g/mol. The number of nitrogens with zero attached hydrogens (tertiary/aromatic N) is 2. The van der Waals surface area contributed by atoms with Gasteiger partial charge in [0.25, 0.3) is 0 Å². The summed E-state index contributed by atoms with van der Waals surface area (Å²) in [6, 6.07) is 15.6. The molecular formula is C32H43FN2O2. The first-order chi connectivity index (χ1) is 18.1. The highest BCUT2D eigenvalue weighted by Crippen LogP contribution is 2.25. The van der Waals surface area contributed by atoms with Crippen molar-refractivity contribution in [1.29, 1.82) is 0 Å². The Labute approximate surface area is 222 Å². The first-order valence-electron chi connectivity index (χ1n) is 14.0. The second-order valence-electron chi connectivity index (χ2n) is 9.88. The molecule has 3 rings (SSSR count). The summed E-state index contributed by atoms with van der Waals surface area (Å²) in [7, 11) is 0. The van der Waals surface area contributed by atoms with E-state index in [1.54, 1.807) is 0 Å². The van der Waals surface area contributed by atoms with Crippen LogP contribution in [0.4, 0.5) is 4.39 Å². The zero-order valence-corrected chi connectivity index (χ0v) is 22.8. The summed E-state index contributed by atoms with van der Waals surface area (Å²) in [6.07, 6.45) is 13.9. The summed E-state index contributed by atoms with van der Waals surface area (Å²) >= 11 is 0. The highest BCUT2D eigenvalue weighted by Gasteiger charge is 2.15. The summed E-state index contributed by atoms with van der Waals surface area (Å²) in [6.45, 7) is 6.98. The van der Waals surface area contributed by atoms with Crippen molar-refractivity contribution >= 4 is 0 Å². The third kappa shape index (κ3) is 9.79. The molecule has 5 heteroatoms. The van der Waals surface area contributed by atoms with Crippen LogP contribution in [-0.4, -0.2) is 29.4 Å². The van der Waals surface area contributed by atoms with Gasteiger partial charge in [-0.1, -0.05) is 84.3 Å². The lowest BCUT2D eigenvalue weighted by atomic mass is 10.0. The van der Waals surface area contributed by atoms with Gasteiger partial charge in [-0.05, 0) is 54.3 Å². The van der Waals surface area contributed by atoms with Gasteiger partial charge in [0.05, 0.1) is 6.61 Å². The van der Waals surface area contributed by atoms with E-state index < -0.39 is 6.17 Å². The summed E-state index contributed by atoms with van der Waals surface area (Å²) in [5, 5.41) is 0. The maximum absolute atomic E-state index is 14.0. The fraction of sp³-hybridized carbons (Fsp3) is 0.500. The predicted octanol–water partition coefficient (Wildman–Crippen LogP) is 9.09. The zero-order valence-electron chi connectivity index (χ0n) is 22.8. The Hall–Kier alpha value is -2.95. The number of benzene rings is 2. The maximum atomic E-state index is 14.0. The van der Waals surface area contributed by atoms with E-state index in [9.17, 15) is 4.39 Å². The molecule has 1 aromatic heterocycles. The van der Waals surface area contributed by atoms with Gasteiger partial charge >= 0.3 is 0 Å². The molecule has 0 saturated heterocycles. The van der Waals surface area contributed by atoms with Gasteiger partial charge in [-0.25, -0.2) is 14.4 Å². The number of rotatable bonds is 17. The van der Waals surface area contributed by atoms with Crippen molar-refractivity contribution in [3.63, 3.8) is 0 Å². The Morgan fingerprint density at radius 1 is 0.676 bits per heavy atom. The van der Waals surface area contributed by atoms with Crippen LogP contribution in [0, 0.1) is 5.92 Å². The van der Waals surface area contributed by atoms with Crippen molar-refractivity contribution in [1.82, 2.24) is 9.97 Å². The van der Waals surface area contributed by atoms with Gasteiger partial charge in [-0.3, -0.25) is 0 Å². The molecule has 0 spiro atoms. The molecule has 37 heavy (non-hydrogen) atoms. The van der Waals surface area contributed by atoms with Gasteiger partial charge in [-0.15, -0.1) is 0 Å². The van der Waals surface area contributed by atoms with Crippen LogP contribution in [0.2, 0.25) is 0 Å². The standard InChI is InChI=1S/C32H43FN2O2/c1-4-6-7-8-9-10-11-12-21-36-29-17-13-26(14-18-29)28-22-34-32(35-23-28)27-15-19-30(20-16-27)37-24-31(33)25(3)5-2/h13-20,22-23,25,31H,4-12,21,24H2,1-3H3. The Morgan fingerprint density at radius 3 is 1.81 bits per heavy atom. The molecule has 0 fully saturated rings. The van der Waals surface area contributed by atoms with Gasteiger partial charge in [0.1, 0.15) is 24.3 Å². The summed E-state index contributed by atoms with van der Waals surface area (Å²) in [5.74, 6) is 2.18. The molecule has 200 valence electrons. The van der Waals surface area contributed by atoms with Crippen molar-refractivity contribution in [2.45, 2.75) is 84.7 Å². The van der Waals surface area contributed by atoms with Crippen LogP contribution in [0.15, 0.2) is 60.9 Å². The van der Waals surface area contributed by atoms with Crippen LogP contribution in [-0.2, 0) is 0 Å². The normalized spacial score (nSPS) is 12.8. The SMILES string of the molecule is CCCCCCCCCCOc1ccc(-c2cnc(-c3ccc(OCC(F)C(C)CC)cc3)nc2)cc1. The smallest absolute Gasteiger partial charge is 0.159 e. The molecule has 0 amide bonds. The van der Waals surface area contributed by atoms with E-state index in [4.69, 9.17) is 9.47 Å². The summed E-state index contributed by atoms with van der Waals surface area (Å²) < 4.78 is 25.5. The number of hydrogen-bond acceptors (Lipinski definition) is 4. The number of ether oxygens (including phenoxy) is 2. The van der Waals surface area contributed by atoms with Gasteiger partial charge in [0.2, 0.25) is 0 Å². The van der Waals surface area contributed by atoms with E-state index in [-0.39, 0.29) is 12.5 Å². The van der Waals surface area contributed by atoms with Gasteiger partial charge in [-0.2, -0.15) is 0 Å². The molecule has 2 atom stereocenters. The molecule has 0 aliphatic heterocycles. The molecule has 2 aromatic carbocycles. The van der Waals surface area contributed by atoms with Gasteiger partial charge in [0, 0.05) is 23.5 Å². The first kappa shape index (κ1) is 28.6. The lowest BCUT2D eigenvalue weighted by Crippen LogP contribution is -2.20. The third-order valence-electron chi connectivity index (χ3n) is 6.89. The number of halogens is 1. The van der Waals surface area contributed by atoms with Crippen molar-refractivity contribution in [3.05, 3.63) is 60.9 Å². The summed E-state index contributed by atoms with van der Waals surface area (Å²) in [5.41, 5.74) is 2.90. The Bertz CT molecular complexity index is 1010. The zero-order chi connectivity index (χ0) is 26.3. The van der Waals surface area contributed by atoms with E-state index in [1.165, 1.54) is 44.9 Å². The molecule has 0 N–H and O–H groups in total. The topological polar surface area (TPSA) is 44.2 Å². The van der Waals surface area contributed by atoms with E-state index in [0.717, 1.165) is 41.9 Å². The minimum Gasteiger partial charge on any atom is -0.494 e. The third-order valence-corrected chi connectivity index (χ3v) is 6.89. The second-order valence-corrected chi connectivity index (χ2v) is 9.88.